The summed E-state index contributed by atoms with van der Waals surface area (Å²) in [6, 6.07) is 14.0. The molecule has 1 heterocycles. The van der Waals surface area contributed by atoms with Crippen LogP contribution in [0.15, 0.2) is 48.5 Å². The van der Waals surface area contributed by atoms with Gasteiger partial charge in [0.05, 0.1) is 13.7 Å². The number of ether oxygens (including phenoxy) is 2. The zero-order chi connectivity index (χ0) is 28.6. The Kier molecular flexibility index (Phi) is 9.97. The third-order valence-electron chi connectivity index (χ3n) is 6.89. The minimum atomic E-state index is -1.04. The molecule has 2 atom stereocenters. The SMILES string of the molecule is COc1ccc(C[C@H](NC(=O)OC(C)(C)C)C(=O)N2CCC[C@@]2(C)C(=O)NCCc2ccc(CO)cc2)cc1. The summed E-state index contributed by atoms with van der Waals surface area (Å²) in [7, 11) is 1.58. The van der Waals surface area contributed by atoms with E-state index in [4.69, 9.17) is 9.47 Å². The summed E-state index contributed by atoms with van der Waals surface area (Å²) >= 11 is 0. The van der Waals surface area contributed by atoms with E-state index in [1.807, 2.05) is 36.4 Å². The van der Waals surface area contributed by atoms with Gasteiger partial charge in [0.25, 0.3) is 0 Å². The Morgan fingerprint density at radius 2 is 1.64 bits per heavy atom. The summed E-state index contributed by atoms with van der Waals surface area (Å²) in [4.78, 5) is 41.5. The van der Waals surface area contributed by atoms with Crippen molar-refractivity contribution in [1.82, 2.24) is 15.5 Å². The second-order valence-electron chi connectivity index (χ2n) is 11.1. The van der Waals surface area contributed by atoms with Crippen molar-refractivity contribution in [2.75, 3.05) is 20.2 Å². The first-order valence-corrected chi connectivity index (χ1v) is 13.4. The van der Waals surface area contributed by atoms with Gasteiger partial charge in [-0.05, 0) is 75.8 Å². The minimum absolute atomic E-state index is 0.0124. The number of methoxy groups -OCH3 is 1. The molecule has 2 aromatic rings. The molecule has 9 heteroatoms. The second-order valence-corrected chi connectivity index (χ2v) is 11.1. The van der Waals surface area contributed by atoms with Crippen LogP contribution in [0, 0.1) is 0 Å². The second kappa shape index (κ2) is 13.0. The Labute approximate surface area is 230 Å². The fourth-order valence-electron chi connectivity index (χ4n) is 4.71. The van der Waals surface area contributed by atoms with Gasteiger partial charge in [0, 0.05) is 19.5 Å². The summed E-state index contributed by atoms with van der Waals surface area (Å²) < 4.78 is 10.7. The number of aliphatic hydroxyl groups is 1. The monoisotopic (exact) mass is 539 g/mol. The van der Waals surface area contributed by atoms with Gasteiger partial charge in [-0.1, -0.05) is 36.4 Å². The maximum atomic E-state index is 13.9. The van der Waals surface area contributed by atoms with Gasteiger partial charge in [-0.3, -0.25) is 9.59 Å². The average molecular weight is 540 g/mol. The van der Waals surface area contributed by atoms with Crippen LogP contribution in [0.4, 0.5) is 4.79 Å². The Balaban J connectivity index is 1.72. The van der Waals surface area contributed by atoms with E-state index in [9.17, 15) is 19.5 Å². The molecule has 3 amide bonds. The Morgan fingerprint density at radius 3 is 2.23 bits per heavy atom. The molecule has 39 heavy (non-hydrogen) atoms. The van der Waals surface area contributed by atoms with E-state index in [1.54, 1.807) is 51.8 Å². The van der Waals surface area contributed by atoms with Crippen molar-refractivity contribution in [3.05, 3.63) is 65.2 Å². The normalized spacial score (nSPS) is 17.8. The fraction of sp³-hybridized carbons (Fsp3) is 0.500. The summed E-state index contributed by atoms with van der Waals surface area (Å²) in [5, 5.41) is 15.0. The zero-order valence-corrected chi connectivity index (χ0v) is 23.6. The molecule has 1 saturated heterocycles. The van der Waals surface area contributed by atoms with Crippen LogP contribution in [0.2, 0.25) is 0 Å². The number of hydrogen-bond acceptors (Lipinski definition) is 6. The standard InChI is InChI=1S/C30H41N3O6/c1-29(2,3)39-28(37)32-25(19-22-11-13-24(38-5)14-12-22)26(35)33-18-6-16-30(33,4)27(36)31-17-15-21-7-9-23(20-34)10-8-21/h7-14,25,34H,6,15-20H2,1-5H3,(H,31,36)(H,32,37)/t25-,30-/m0/s1. The van der Waals surface area contributed by atoms with E-state index < -0.39 is 23.3 Å². The molecule has 0 saturated carbocycles. The molecule has 212 valence electrons. The first kappa shape index (κ1) is 30.0. The molecule has 1 aliphatic rings. The van der Waals surface area contributed by atoms with Gasteiger partial charge in [0.1, 0.15) is 22.9 Å². The van der Waals surface area contributed by atoms with Crippen molar-refractivity contribution in [2.45, 2.75) is 77.2 Å². The van der Waals surface area contributed by atoms with Gasteiger partial charge in [-0.2, -0.15) is 0 Å². The van der Waals surface area contributed by atoms with Crippen molar-refractivity contribution in [3.63, 3.8) is 0 Å². The largest absolute Gasteiger partial charge is 0.497 e. The lowest BCUT2D eigenvalue weighted by atomic mass is 9.95. The highest BCUT2D eigenvalue weighted by Gasteiger charge is 2.47. The maximum Gasteiger partial charge on any atom is 0.408 e. The number of hydrogen-bond donors (Lipinski definition) is 3. The van der Waals surface area contributed by atoms with Crippen molar-refractivity contribution < 1.29 is 29.0 Å². The van der Waals surface area contributed by atoms with Crippen LogP contribution in [0.1, 0.15) is 57.2 Å². The molecule has 0 bridgehead atoms. The van der Waals surface area contributed by atoms with Crippen LogP contribution in [0.3, 0.4) is 0 Å². The van der Waals surface area contributed by atoms with Crippen LogP contribution >= 0.6 is 0 Å². The number of carbonyl (C=O) groups excluding carboxylic acids is 3. The third-order valence-corrected chi connectivity index (χ3v) is 6.89. The van der Waals surface area contributed by atoms with E-state index in [-0.39, 0.29) is 24.8 Å². The molecular formula is C30H41N3O6. The first-order chi connectivity index (χ1) is 18.4. The lowest BCUT2D eigenvalue weighted by Gasteiger charge is -2.36. The number of amides is 3. The molecule has 0 spiro atoms. The summed E-state index contributed by atoms with van der Waals surface area (Å²) in [6.07, 6.45) is 1.38. The molecule has 1 aliphatic heterocycles. The summed E-state index contributed by atoms with van der Waals surface area (Å²) in [5.41, 5.74) is 0.949. The fourth-order valence-corrected chi connectivity index (χ4v) is 4.71. The van der Waals surface area contributed by atoms with Crippen molar-refractivity contribution in [1.29, 1.82) is 0 Å². The van der Waals surface area contributed by atoms with Gasteiger partial charge in [-0.15, -0.1) is 0 Å². The lowest BCUT2D eigenvalue weighted by molar-refractivity contribution is -0.145. The number of rotatable bonds is 10. The molecule has 1 fully saturated rings. The van der Waals surface area contributed by atoms with E-state index in [0.717, 1.165) is 16.7 Å². The topological polar surface area (TPSA) is 117 Å². The highest BCUT2D eigenvalue weighted by molar-refractivity contribution is 5.94. The summed E-state index contributed by atoms with van der Waals surface area (Å²) in [5.74, 6) is 0.141. The van der Waals surface area contributed by atoms with Crippen molar-refractivity contribution in [3.8, 4) is 5.75 Å². The van der Waals surface area contributed by atoms with E-state index in [2.05, 4.69) is 10.6 Å². The number of carbonyl (C=O) groups is 3. The molecule has 0 aliphatic carbocycles. The molecule has 3 N–H and O–H groups in total. The number of nitrogens with zero attached hydrogens (tertiary/aromatic N) is 1. The smallest absolute Gasteiger partial charge is 0.408 e. The lowest BCUT2D eigenvalue weighted by Crippen LogP contribution is -2.60. The van der Waals surface area contributed by atoms with Crippen molar-refractivity contribution >= 4 is 17.9 Å². The van der Waals surface area contributed by atoms with Crippen LogP contribution in [0.5, 0.6) is 5.75 Å². The van der Waals surface area contributed by atoms with Crippen molar-refractivity contribution in [2.24, 2.45) is 0 Å². The predicted molar refractivity (Wildman–Crippen MR) is 148 cm³/mol. The highest BCUT2D eigenvalue weighted by Crippen LogP contribution is 2.30. The van der Waals surface area contributed by atoms with Crippen LogP contribution < -0.4 is 15.4 Å². The zero-order valence-electron chi connectivity index (χ0n) is 23.6. The number of alkyl carbamates (subject to hydrolysis) is 1. The first-order valence-electron chi connectivity index (χ1n) is 13.4. The van der Waals surface area contributed by atoms with Gasteiger partial charge in [0.15, 0.2) is 0 Å². The number of likely N-dealkylation sites (tertiary alicyclic amines) is 1. The van der Waals surface area contributed by atoms with Gasteiger partial charge < -0.3 is 30.1 Å². The average Bonchev–Trinajstić information content (AvgIpc) is 3.30. The molecule has 0 radical (unpaired) electrons. The van der Waals surface area contributed by atoms with Gasteiger partial charge in [-0.25, -0.2) is 4.79 Å². The Hall–Kier alpha value is -3.59. The number of aliphatic hydroxyl groups excluding tert-OH is 1. The number of nitrogens with one attached hydrogen (secondary N) is 2. The Bertz CT molecular complexity index is 1130. The molecule has 0 unspecified atom stereocenters. The van der Waals surface area contributed by atoms with Crippen LogP contribution in [-0.2, 0) is 33.8 Å². The quantitative estimate of drug-likeness (QED) is 0.426. The van der Waals surface area contributed by atoms with Crippen LogP contribution in [-0.4, -0.2) is 65.3 Å². The van der Waals surface area contributed by atoms with Gasteiger partial charge >= 0.3 is 6.09 Å². The molecular weight excluding hydrogens is 498 g/mol. The number of benzene rings is 2. The third kappa shape index (κ3) is 8.20. The van der Waals surface area contributed by atoms with Crippen LogP contribution in [0.25, 0.3) is 0 Å². The molecule has 9 nitrogen and oxygen atoms in total. The molecule has 3 rings (SSSR count). The maximum absolute atomic E-state index is 13.9. The van der Waals surface area contributed by atoms with E-state index >= 15 is 0 Å². The predicted octanol–water partition coefficient (Wildman–Crippen LogP) is 3.36. The van der Waals surface area contributed by atoms with Gasteiger partial charge in [0.2, 0.25) is 11.8 Å². The van der Waals surface area contributed by atoms with E-state index in [0.29, 0.717) is 38.1 Å². The minimum Gasteiger partial charge on any atom is -0.497 e. The van der Waals surface area contributed by atoms with E-state index in [1.165, 1.54) is 0 Å². The molecule has 0 aromatic heterocycles. The Morgan fingerprint density at radius 1 is 1.03 bits per heavy atom. The molecule has 2 aromatic carbocycles. The summed E-state index contributed by atoms with van der Waals surface area (Å²) in [6.45, 7) is 7.88. The highest BCUT2D eigenvalue weighted by atomic mass is 16.6.